The van der Waals surface area contributed by atoms with E-state index in [0.717, 1.165) is 38.5 Å². The number of carboxylic acids is 1. The Morgan fingerprint density at radius 3 is 1.93 bits per heavy atom. The zero-order valence-electron chi connectivity index (χ0n) is 18.8. The number of hydrogen-bond acceptors (Lipinski definition) is 3. The van der Waals surface area contributed by atoms with Crippen LogP contribution in [0.3, 0.4) is 0 Å². The lowest BCUT2D eigenvalue weighted by atomic mass is 10.1. The van der Waals surface area contributed by atoms with E-state index in [1.54, 1.807) is 0 Å². The first-order valence-corrected chi connectivity index (χ1v) is 12.0. The lowest BCUT2D eigenvalue weighted by Crippen LogP contribution is -2.40. The van der Waals surface area contributed by atoms with Gasteiger partial charge in [0.15, 0.2) is 0 Å². The van der Waals surface area contributed by atoms with Crippen LogP contribution < -0.4 is 11.1 Å². The minimum Gasteiger partial charge on any atom is -0.480 e. The van der Waals surface area contributed by atoms with Crippen molar-refractivity contribution in [2.24, 2.45) is 5.73 Å². The van der Waals surface area contributed by atoms with Gasteiger partial charge in [0.1, 0.15) is 6.04 Å². The third-order valence-corrected chi connectivity index (χ3v) is 5.25. The monoisotopic (exact) mass is 410 g/mol. The fraction of sp³-hybridized carbons (Fsp3) is 0.833. The van der Waals surface area contributed by atoms with Gasteiger partial charge in [-0.2, -0.15) is 0 Å². The van der Waals surface area contributed by atoms with Gasteiger partial charge in [-0.3, -0.25) is 4.79 Å². The number of rotatable bonds is 21. The second-order valence-electron chi connectivity index (χ2n) is 8.08. The average Bonchev–Trinajstić information content (AvgIpc) is 2.70. The van der Waals surface area contributed by atoms with Gasteiger partial charge in [0.2, 0.25) is 5.91 Å². The first-order chi connectivity index (χ1) is 14.1. The molecular formula is C24H46N2O3. The molecule has 0 spiro atoms. The van der Waals surface area contributed by atoms with Gasteiger partial charge in [0.25, 0.3) is 0 Å². The molecule has 0 aromatic carbocycles. The quantitative estimate of drug-likeness (QED) is 0.167. The number of allylic oxidation sites excluding steroid dienone is 2. The Balaban J connectivity index is 3.51. The van der Waals surface area contributed by atoms with Crippen molar-refractivity contribution in [3.05, 3.63) is 12.2 Å². The van der Waals surface area contributed by atoms with E-state index < -0.39 is 12.0 Å². The Bertz CT molecular complexity index is 424. The molecule has 0 aromatic heterocycles. The molecule has 5 heteroatoms. The maximum atomic E-state index is 11.9. The van der Waals surface area contributed by atoms with Crippen LogP contribution in [0.5, 0.6) is 0 Å². The highest BCUT2D eigenvalue weighted by Crippen LogP contribution is 2.10. The Labute approximate surface area is 178 Å². The minimum absolute atomic E-state index is 0.150. The summed E-state index contributed by atoms with van der Waals surface area (Å²) in [5.41, 5.74) is 5.42. The van der Waals surface area contributed by atoms with Crippen LogP contribution in [0, 0.1) is 0 Å². The van der Waals surface area contributed by atoms with Crippen molar-refractivity contribution in [2.75, 3.05) is 6.54 Å². The third kappa shape index (κ3) is 19.7. The lowest BCUT2D eigenvalue weighted by Gasteiger charge is -2.14. The van der Waals surface area contributed by atoms with Crippen molar-refractivity contribution in [3.8, 4) is 0 Å². The summed E-state index contributed by atoms with van der Waals surface area (Å²) in [6, 6.07) is -0.780. The summed E-state index contributed by atoms with van der Waals surface area (Å²) in [6.07, 6.45) is 22.9. The molecular weight excluding hydrogens is 364 g/mol. The van der Waals surface area contributed by atoms with E-state index in [2.05, 4.69) is 24.4 Å². The lowest BCUT2D eigenvalue weighted by molar-refractivity contribution is -0.142. The zero-order chi connectivity index (χ0) is 21.6. The van der Waals surface area contributed by atoms with Gasteiger partial charge in [-0.15, -0.1) is 0 Å². The molecule has 0 radical (unpaired) electrons. The number of nitrogens with two attached hydrogens (primary N) is 1. The van der Waals surface area contributed by atoms with Gasteiger partial charge >= 0.3 is 5.97 Å². The molecule has 1 amide bonds. The highest BCUT2D eigenvalue weighted by Gasteiger charge is 2.18. The van der Waals surface area contributed by atoms with Crippen molar-refractivity contribution in [1.82, 2.24) is 5.32 Å². The van der Waals surface area contributed by atoms with Gasteiger partial charge in [-0.1, -0.05) is 70.4 Å². The molecule has 0 saturated carbocycles. The normalized spacial score (nSPS) is 12.3. The van der Waals surface area contributed by atoms with Gasteiger partial charge in [0, 0.05) is 6.42 Å². The van der Waals surface area contributed by atoms with Crippen LogP contribution in [0.25, 0.3) is 0 Å². The molecule has 0 saturated heterocycles. The molecule has 0 heterocycles. The Hall–Kier alpha value is -1.36. The van der Waals surface area contributed by atoms with Crippen LogP contribution >= 0.6 is 0 Å². The molecule has 0 aliphatic carbocycles. The molecule has 0 bridgehead atoms. The van der Waals surface area contributed by atoms with Crippen molar-refractivity contribution >= 4 is 11.9 Å². The molecule has 0 aromatic rings. The first-order valence-electron chi connectivity index (χ1n) is 12.0. The van der Waals surface area contributed by atoms with E-state index in [1.165, 1.54) is 57.8 Å². The number of carboxylic acid groups (broad SMARTS) is 1. The van der Waals surface area contributed by atoms with E-state index in [0.29, 0.717) is 19.4 Å². The van der Waals surface area contributed by atoms with Crippen molar-refractivity contribution in [2.45, 2.75) is 122 Å². The van der Waals surface area contributed by atoms with E-state index >= 15 is 0 Å². The van der Waals surface area contributed by atoms with Crippen LogP contribution in [-0.2, 0) is 9.59 Å². The second-order valence-corrected chi connectivity index (χ2v) is 8.08. The Kier molecular flexibility index (Phi) is 20.3. The Morgan fingerprint density at radius 2 is 1.38 bits per heavy atom. The minimum atomic E-state index is -0.958. The molecule has 1 unspecified atom stereocenters. The SMILES string of the molecule is CCCCCCCCC=CCCCCCCCC(=O)NC(CCCCN)C(=O)O. The van der Waals surface area contributed by atoms with Gasteiger partial charge in [-0.05, 0) is 57.9 Å². The summed E-state index contributed by atoms with van der Waals surface area (Å²) < 4.78 is 0. The van der Waals surface area contributed by atoms with E-state index in [-0.39, 0.29) is 5.91 Å². The van der Waals surface area contributed by atoms with Gasteiger partial charge < -0.3 is 16.2 Å². The average molecular weight is 411 g/mol. The fourth-order valence-electron chi connectivity index (χ4n) is 3.37. The van der Waals surface area contributed by atoms with E-state index in [9.17, 15) is 14.7 Å². The predicted molar refractivity (Wildman–Crippen MR) is 122 cm³/mol. The summed E-state index contributed by atoms with van der Waals surface area (Å²) in [4.78, 5) is 23.1. The number of hydrogen-bond donors (Lipinski definition) is 3. The zero-order valence-corrected chi connectivity index (χ0v) is 18.8. The second kappa shape index (κ2) is 21.4. The fourth-order valence-corrected chi connectivity index (χ4v) is 3.37. The van der Waals surface area contributed by atoms with Gasteiger partial charge in [-0.25, -0.2) is 4.79 Å². The number of amides is 1. The van der Waals surface area contributed by atoms with Crippen molar-refractivity contribution in [1.29, 1.82) is 0 Å². The number of carbonyl (C=O) groups excluding carboxylic acids is 1. The molecule has 1 atom stereocenters. The molecule has 0 aliphatic heterocycles. The topological polar surface area (TPSA) is 92.4 Å². The summed E-state index contributed by atoms with van der Waals surface area (Å²) >= 11 is 0. The predicted octanol–water partition coefficient (Wildman–Crippen LogP) is 5.72. The number of aliphatic carboxylic acids is 1. The largest absolute Gasteiger partial charge is 0.480 e. The maximum absolute atomic E-state index is 11.9. The molecule has 0 fully saturated rings. The van der Waals surface area contributed by atoms with E-state index in [4.69, 9.17) is 5.73 Å². The molecule has 0 rings (SSSR count). The first kappa shape index (κ1) is 27.6. The van der Waals surface area contributed by atoms with Crippen LogP contribution in [0.2, 0.25) is 0 Å². The van der Waals surface area contributed by atoms with Crippen molar-refractivity contribution < 1.29 is 14.7 Å². The Morgan fingerprint density at radius 1 is 0.828 bits per heavy atom. The van der Waals surface area contributed by atoms with E-state index in [1.807, 2.05) is 0 Å². The van der Waals surface area contributed by atoms with Gasteiger partial charge in [0.05, 0.1) is 0 Å². The van der Waals surface area contributed by atoms with Crippen LogP contribution in [0.15, 0.2) is 12.2 Å². The summed E-state index contributed by atoms with van der Waals surface area (Å²) in [5, 5.41) is 11.8. The van der Waals surface area contributed by atoms with Crippen LogP contribution in [0.1, 0.15) is 116 Å². The molecule has 4 N–H and O–H groups in total. The number of nitrogens with one attached hydrogen (secondary N) is 1. The molecule has 0 aliphatic rings. The highest BCUT2D eigenvalue weighted by atomic mass is 16.4. The number of carbonyl (C=O) groups is 2. The molecule has 170 valence electrons. The van der Waals surface area contributed by atoms with Crippen molar-refractivity contribution in [3.63, 3.8) is 0 Å². The third-order valence-electron chi connectivity index (χ3n) is 5.25. The maximum Gasteiger partial charge on any atom is 0.326 e. The summed E-state index contributed by atoms with van der Waals surface area (Å²) in [6.45, 7) is 2.80. The molecule has 5 nitrogen and oxygen atoms in total. The summed E-state index contributed by atoms with van der Waals surface area (Å²) in [5.74, 6) is -1.11. The summed E-state index contributed by atoms with van der Waals surface area (Å²) in [7, 11) is 0. The highest BCUT2D eigenvalue weighted by molar-refractivity contribution is 5.83. The molecule has 29 heavy (non-hydrogen) atoms. The van der Waals surface area contributed by atoms with Crippen LogP contribution in [-0.4, -0.2) is 29.6 Å². The number of unbranched alkanes of at least 4 members (excludes halogenated alkanes) is 12. The van der Waals surface area contributed by atoms with Crippen LogP contribution in [0.4, 0.5) is 0 Å². The smallest absolute Gasteiger partial charge is 0.326 e. The standard InChI is InChI=1S/C24H46N2O3/c1-2-3-4-5-6-7-8-9-10-11-12-13-14-15-16-20-23(27)26-22(24(28)29)19-17-18-21-25/h9-10,22H,2-8,11-21,25H2,1H3,(H,26,27)(H,28,29).